The van der Waals surface area contributed by atoms with Crippen LogP contribution in [0, 0.1) is 0 Å². The summed E-state index contributed by atoms with van der Waals surface area (Å²) in [5, 5.41) is 1.54. The van der Waals surface area contributed by atoms with Gasteiger partial charge < -0.3 is 9.80 Å². The first-order valence-corrected chi connectivity index (χ1v) is 14.7. The van der Waals surface area contributed by atoms with Gasteiger partial charge in [0, 0.05) is 44.8 Å². The monoisotopic (exact) mass is 554 g/mol. The van der Waals surface area contributed by atoms with E-state index in [-0.39, 0.29) is 10.8 Å². The molecule has 0 bridgehead atoms. The van der Waals surface area contributed by atoms with Crippen LogP contribution in [0.3, 0.4) is 0 Å². The number of rotatable bonds is 7. The van der Waals surface area contributed by atoms with Crippen molar-refractivity contribution in [3.05, 3.63) is 88.9 Å². The Hall–Kier alpha value is -2.98. The molecule has 0 aliphatic carbocycles. The Bertz CT molecular complexity index is 1500. The highest BCUT2D eigenvalue weighted by Gasteiger charge is 2.26. The lowest BCUT2D eigenvalue weighted by molar-refractivity contribution is 0.0746. The zero-order valence-corrected chi connectivity index (χ0v) is 22.8. The molecule has 37 heavy (non-hydrogen) atoms. The minimum atomic E-state index is -3.68. The van der Waals surface area contributed by atoms with Crippen LogP contribution in [-0.2, 0) is 16.6 Å². The van der Waals surface area contributed by atoms with E-state index in [4.69, 9.17) is 16.6 Å². The number of hydrogen-bond acceptors (Lipinski definition) is 6. The molecule has 5 rings (SSSR count). The molecule has 2 heterocycles. The van der Waals surface area contributed by atoms with Gasteiger partial charge >= 0.3 is 0 Å². The van der Waals surface area contributed by atoms with Crippen LogP contribution in [0.1, 0.15) is 22.8 Å². The van der Waals surface area contributed by atoms with Crippen molar-refractivity contribution in [1.82, 2.24) is 14.2 Å². The topological polar surface area (TPSA) is 73.8 Å². The molecule has 10 heteroatoms. The minimum absolute atomic E-state index is 0.104. The SMILES string of the molecule is CCN(Cc1ccccc1)S(=O)(=O)c1ccc(C(=O)N2CCN(c3nc4c(Cl)cccc4s3)CC2)cc1. The third-order valence-corrected chi connectivity index (χ3v) is 9.81. The Morgan fingerprint density at radius 1 is 0.973 bits per heavy atom. The Morgan fingerprint density at radius 2 is 1.68 bits per heavy atom. The van der Waals surface area contributed by atoms with Gasteiger partial charge in [-0.05, 0) is 42.0 Å². The van der Waals surface area contributed by atoms with E-state index in [1.807, 2.05) is 55.5 Å². The lowest BCUT2D eigenvalue weighted by Crippen LogP contribution is -2.48. The lowest BCUT2D eigenvalue weighted by atomic mass is 10.2. The predicted octanol–water partition coefficient (Wildman–Crippen LogP) is 5.12. The number of para-hydroxylation sites is 1. The Balaban J connectivity index is 1.24. The smallest absolute Gasteiger partial charge is 0.253 e. The van der Waals surface area contributed by atoms with Gasteiger partial charge in [-0.1, -0.05) is 66.3 Å². The predicted molar refractivity (Wildman–Crippen MR) is 149 cm³/mol. The van der Waals surface area contributed by atoms with Crippen molar-refractivity contribution in [2.24, 2.45) is 0 Å². The van der Waals surface area contributed by atoms with Crippen molar-refractivity contribution < 1.29 is 13.2 Å². The van der Waals surface area contributed by atoms with Crippen LogP contribution in [0.5, 0.6) is 0 Å². The van der Waals surface area contributed by atoms with Gasteiger partial charge in [-0.2, -0.15) is 4.31 Å². The summed E-state index contributed by atoms with van der Waals surface area (Å²) < 4.78 is 28.9. The Kier molecular flexibility index (Phi) is 7.48. The standard InChI is InChI=1S/C27H27ClN4O3S2/c1-2-32(19-20-7-4-3-5-8-20)37(34,35)22-13-11-21(12-14-22)26(33)30-15-17-31(18-16-30)27-29-25-23(28)9-6-10-24(25)36-27/h3-14H,2,15-19H2,1H3. The van der Waals surface area contributed by atoms with E-state index in [1.165, 1.54) is 16.4 Å². The summed E-state index contributed by atoms with van der Waals surface area (Å²) in [5.74, 6) is -0.104. The summed E-state index contributed by atoms with van der Waals surface area (Å²) in [6, 6.07) is 21.5. The highest BCUT2D eigenvalue weighted by molar-refractivity contribution is 7.89. The van der Waals surface area contributed by atoms with Crippen LogP contribution in [0.25, 0.3) is 10.2 Å². The maximum absolute atomic E-state index is 13.2. The summed E-state index contributed by atoms with van der Waals surface area (Å²) in [6.45, 7) is 4.92. The molecular formula is C27H27ClN4O3S2. The van der Waals surface area contributed by atoms with Crippen LogP contribution in [-0.4, -0.2) is 61.2 Å². The zero-order chi connectivity index (χ0) is 26.0. The molecule has 0 unspecified atom stereocenters. The normalized spacial score (nSPS) is 14.5. The molecule has 1 aliphatic heterocycles. The van der Waals surface area contributed by atoms with Gasteiger partial charge in [-0.25, -0.2) is 13.4 Å². The molecule has 0 atom stereocenters. The first kappa shape index (κ1) is 25.7. The third kappa shape index (κ3) is 5.36. The van der Waals surface area contributed by atoms with E-state index in [0.29, 0.717) is 49.9 Å². The third-order valence-electron chi connectivity index (χ3n) is 6.49. The average molecular weight is 555 g/mol. The largest absolute Gasteiger partial charge is 0.345 e. The summed E-state index contributed by atoms with van der Waals surface area (Å²) in [4.78, 5) is 22.0. The number of carbonyl (C=O) groups is 1. The van der Waals surface area contributed by atoms with E-state index in [1.54, 1.807) is 28.4 Å². The maximum atomic E-state index is 13.2. The number of aromatic nitrogens is 1. The van der Waals surface area contributed by atoms with Gasteiger partial charge in [0.05, 0.1) is 14.6 Å². The van der Waals surface area contributed by atoms with Crippen LogP contribution in [0.4, 0.5) is 5.13 Å². The second kappa shape index (κ2) is 10.8. The molecule has 1 aliphatic rings. The summed E-state index contributed by atoms with van der Waals surface area (Å²) in [7, 11) is -3.68. The molecule has 4 aromatic rings. The summed E-state index contributed by atoms with van der Waals surface area (Å²) in [5.41, 5.74) is 2.21. The summed E-state index contributed by atoms with van der Waals surface area (Å²) >= 11 is 7.87. The molecule has 1 amide bonds. The zero-order valence-electron chi connectivity index (χ0n) is 20.4. The van der Waals surface area contributed by atoms with Gasteiger partial charge in [0.2, 0.25) is 10.0 Å². The van der Waals surface area contributed by atoms with Crippen LogP contribution in [0.15, 0.2) is 77.7 Å². The molecule has 0 spiro atoms. The second-order valence-electron chi connectivity index (χ2n) is 8.80. The molecule has 0 radical (unpaired) electrons. The van der Waals surface area contributed by atoms with Crippen LogP contribution < -0.4 is 4.90 Å². The van der Waals surface area contributed by atoms with Gasteiger partial charge in [-0.3, -0.25) is 4.79 Å². The molecule has 7 nitrogen and oxygen atoms in total. The number of amides is 1. The van der Waals surface area contributed by atoms with E-state index < -0.39 is 10.0 Å². The van der Waals surface area contributed by atoms with Gasteiger partial charge in [-0.15, -0.1) is 0 Å². The molecule has 3 aromatic carbocycles. The minimum Gasteiger partial charge on any atom is -0.345 e. The van der Waals surface area contributed by atoms with Crippen molar-refractivity contribution in [3.8, 4) is 0 Å². The number of benzene rings is 3. The number of piperazine rings is 1. The number of sulfonamides is 1. The fourth-order valence-electron chi connectivity index (χ4n) is 4.39. The number of carbonyl (C=O) groups excluding carboxylic acids is 1. The average Bonchev–Trinajstić information content (AvgIpc) is 3.38. The molecule has 192 valence electrons. The number of hydrogen-bond donors (Lipinski definition) is 0. The van der Waals surface area contributed by atoms with Crippen molar-refractivity contribution in [2.75, 3.05) is 37.6 Å². The molecule has 1 aromatic heterocycles. The number of anilines is 1. The van der Waals surface area contributed by atoms with Crippen molar-refractivity contribution in [2.45, 2.75) is 18.4 Å². The number of nitrogens with zero attached hydrogens (tertiary/aromatic N) is 4. The fourth-order valence-corrected chi connectivity index (χ4v) is 7.15. The number of fused-ring (bicyclic) bond motifs is 1. The van der Waals surface area contributed by atoms with E-state index in [0.717, 1.165) is 20.9 Å². The number of thiazole rings is 1. The van der Waals surface area contributed by atoms with Gasteiger partial charge in [0.1, 0.15) is 5.52 Å². The first-order valence-electron chi connectivity index (χ1n) is 12.1. The van der Waals surface area contributed by atoms with Crippen LogP contribution in [0.2, 0.25) is 5.02 Å². The van der Waals surface area contributed by atoms with Gasteiger partial charge in [0.15, 0.2) is 5.13 Å². The molecule has 1 saturated heterocycles. The van der Waals surface area contributed by atoms with Crippen molar-refractivity contribution in [1.29, 1.82) is 0 Å². The molecule has 0 N–H and O–H groups in total. The lowest BCUT2D eigenvalue weighted by Gasteiger charge is -2.34. The Morgan fingerprint density at radius 3 is 2.32 bits per heavy atom. The quantitative estimate of drug-likeness (QED) is 0.317. The molecule has 1 fully saturated rings. The van der Waals surface area contributed by atoms with E-state index in [2.05, 4.69) is 4.90 Å². The van der Waals surface area contributed by atoms with Crippen LogP contribution >= 0.6 is 22.9 Å². The highest BCUT2D eigenvalue weighted by atomic mass is 35.5. The first-order chi connectivity index (χ1) is 17.9. The van der Waals surface area contributed by atoms with E-state index in [9.17, 15) is 13.2 Å². The highest BCUT2D eigenvalue weighted by Crippen LogP contribution is 2.33. The number of halogens is 1. The summed E-state index contributed by atoms with van der Waals surface area (Å²) in [6.07, 6.45) is 0. The fraction of sp³-hybridized carbons (Fsp3) is 0.259. The molecule has 0 saturated carbocycles. The molecular weight excluding hydrogens is 528 g/mol. The maximum Gasteiger partial charge on any atom is 0.253 e. The Labute approximate surface area is 226 Å². The van der Waals surface area contributed by atoms with E-state index >= 15 is 0 Å². The van der Waals surface area contributed by atoms with Gasteiger partial charge in [0.25, 0.3) is 5.91 Å². The second-order valence-corrected chi connectivity index (χ2v) is 12.2. The van der Waals surface area contributed by atoms with Crippen molar-refractivity contribution >= 4 is 54.2 Å². The van der Waals surface area contributed by atoms with Crippen molar-refractivity contribution in [3.63, 3.8) is 0 Å².